The Morgan fingerprint density at radius 3 is 2.67 bits per heavy atom. The Bertz CT molecular complexity index is 1090. The molecule has 1 aromatic carbocycles. The third-order valence-electron chi connectivity index (χ3n) is 5.21. The third kappa shape index (κ3) is 4.11. The van der Waals surface area contributed by atoms with E-state index >= 15 is 0 Å². The van der Waals surface area contributed by atoms with Crippen LogP contribution in [0.15, 0.2) is 36.8 Å². The number of nitrogens with zero attached hydrogens (tertiary/aromatic N) is 3. The highest BCUT2D eigenvalue weighted by Gasteiger charge is 2.29. The molecule has 1 fully saturated rings. The molecule has 4 rings (SSSR count). The summed E-state index contributed by atoms with van der Waals surface area (Å²) in [5.74, 6) is -2.72. The maximum Gasteiger partial charge on any atom is 0.256 e. The second-order valence-electron chi connectivity index (χ2n) is 7.20. The van der Waals surface area contributed by atoms with Gasteiger partial charge in [0.15, 0.2) is 11.5 Å². The van der Waals surface area contributed by atoms with Crippen molar-refractivity contribution in [3.05, 3.63) is 59.0 Å². The topological polar surface area (TPSA) is 88.4 Å². The van der Waals surface area contributed by atoms with E-state index in [0.29, 0.717) is 43.0 Å². The fourth-order valence-corrected chi connectivity index (χ4v) is 3.88. The lowest BCUT2D eigenvalue weighted by Gasteiger charge is -2.28. The maximum absolute atomic E-state index is 13.9. The van der Waals surface area contributed by atoms with E-state index in [1.54, 1.807) is 18.5 Å². The summed E-state index contributed by atoms with van der Waals surface area (Å²) in [6, 6.07) is 3.25. The molecule has 1 aliphatic rings. The first-order chi connectivity index (χ1) is 14.4. The van der Waals surface area contributed by atoms with E-state index in [2.05, 4.69) is 20.7 Å². The van der Waals surface area contributed by atoms with Crippen LogP contribution in [0, 0.1) is 17.6 Å². The number of benzene rings is 1. The molecule has 0 bridgehead atoms. The Hall–Kier alpha value is -3.07. The Balaban J connectivity index is 1.34. The van der Waals surface area contributed by atoms with Gasteiger partial charge in [0.1, 0.15) is 11.4 Å². The van der Waals surface area contributed by atoms with Gasteiger partial charge in [0.25, 0.3) is 5.91 Å². The van der Waals surface area contributed by atoms with Crippen LogP contribution in [0.5, 0.6) is 0 Å². The molecular weight excluding hydrogens is 416 g/mol. The Kier molecular flexibility index (Phi) is 5.63. The van der Waals surface area contributed by atoms with Gasteiger partial charge >= 0.3 is 0 Å². The van der Waals surface area contributed by atoms with Crippen LogP contribution >= 0.6 is 11.6 Å². The summed E-state index contributed by atoms with van der Waals surface area (Å²) in [5, 5.41) is 9.33. The van der Waals surface area contributed by atoms with Gasteiger partial charge in [-0.3, -0.25) is 9.59 Å². The van der Waals surface area contributed by atoms with Crippen LogP contribution in [0.4, 0.5) is 14.5 Å². The summed E-state index contributed by atoms with van der Waals surface area (Å²) in [5.41, 5.74) is 0.636. The first-order valence-corrected chi connectivity index (χ1v) is 9.85. The van der Waals surface area contributed by atoms with Crippen LogP contribution in [0.1, 0.15) is 36.0 Å². The highest BCUT2D eigenvalue weighted by Crippen LogP contribution is 2.30. The van der Waals surface area contributed by atoms with E-state index < -0.39 is 11.6 Å². The van der Waals surface area contributed by atoms with Crippen molar-refractivity contribution in [1.29, 1.82) is 0 Å². The summed E-state index contributed by atoms with van der Waals surface area (Å²) < 4.78 is 28.6. The number of carbonyl (C=O) groups excluding carboxylic acids is 2. The first kappa shape index (κ1) is 20.2. The summed E-state index contributed by atoms with van der Waals surface area (Å²) in [6.07, 6.45) is 6.99. The van der Waals surface area contributed by atoms with Crippen molar-refractivity contribution in [2.45, 2.75) is 31.7 Å². The molecule has 30 heavy (non-hydrogen) atoms. The smallest absolute Gasteiger partial charge is 0.256 e. The fourth-order valence-electron chi connectivity index (χ4n) is 3.64. The molecule has 156 valence electrons. The van der Waals surface area contributed by atoms with Gasteiger partial charge in [-0.1, -0.05) is 11.6 Å². The Morgan fingerprint density at radius 2 is 1.93 bits per heavy atom. The van der Waals surface area contributed by atoms with Crippen LogP contribution in [-0.4, -0.2) is 32.5 Å². The molecule has 3 aromatic rings. The van der Waals surface area contributed by atoms with Gasteiger partial charge in [-0.15, -0.1) is 0 Å². The van der Waals surface area contributed by atoms with Crippen LogP contribution in [-0.2, 0) is 4.79 Å². The maximum atomic E-state index is 13.9. The number of anilines is 1. The van der Waals surface area contributed by atoms with Gasteiger partial charge in [0.05, 0.1) is 16.9 Å². The van der Waals surface area contributed by atoms with E-state index in [4.69, 9.17) is 11.6 Å². The zero-order valence-electron chi connectivity index (χ0n) is 15.7. The molecule has 7 nitrogen and oxygen atoms in total. The van der Waals surface area contributed by atoms with Crippen molar-refractivity contribution in [3.8, 4) is 0 Å². The average molecular weight is 434 g/mol. The Labute approximate surface area is 175 Å². The number of rotatable bonds is 4. The predicted octanol–water partition coefficient (Wildman–Crippen LogP) is 3.59. The molecule has 1 aliphatic carbocycles. The number of aromatic nitrogens is 3. The van der Waals surface area contributed by atoms with Crippen molar-refractivity contribution < 1.29 is 18.4 Å². The molecule has 2 heterocycles. The molecule has 0 unspecified atom stereocenters. The molecule has 2 aromatic heterocycles. The molecule has 1 saturated carbocycles. The first-order valence-electron chi connectivity index (χ1n) is 9.47. The number of amides is 2. The molecule has 0 saturated heterocycles. The third-order valence-corrected chi connectivity index (χ3v) is 5.51. The lowest BCUT2D eigenvalue weighted by atomic mass is 9.85. The normalized spacial score (nSPS) is 18.9. The number of hydrogen-bond donors (Lipinski definition) is 2. The minimum atomic E-state index is -0.920. The van der Waals surface area contributed by atoms with Crippen molar-refractivity contribution in [3.63, 3.8) is 0 Å². The molecule has 0 spiro atoms. The highest BCUT2D eigenvalue weighted by molar-refractivity contribution is 6.33. The monoisotopic (exact) mass is 433 g/mol. The highest BCUT2D eigenvalue weighted by atomic mass is 35.5. The molecule has 2 N–H and O–H groups in total. The second kappa shape index (κ2) is 8.35. The van der Waals surface area contributed by atoms with Gasteiger partial charge in [-0.2, -0.15) is 5.10 Å². The number of nitrogens with one attached hydrogen (secondary N) is 2. The van der Waals surface area contributed by atoms with Gasteiger partial charge in [0.2, 0.25) is 5.91 Å². The van der Waals surface area contributed by atoms with Gasteiger partial charge in [-0.25, -0.2) is 18.3 Å². The van der Waals surface area contributed by atoms with Crippen LogP contribution in [0.3, 0.4) is 0 Å². The van der Waals surface area contributed by atoms with Gasteiger partial charge in [-0.05, 0) is 37.8 Å². The molecule has 0 radical (unpaired) electrons. The quantitative estimate of drug-likeness (QED) is 0.658. The number of carbonyl (C=O) groups is 2. The second-order valence-corrected chi connectivity index (χ2v) is 7.61. The van der Waals surface area contributed by atoms with Crippen LogP contribution < -0.4 is 10.6 Å². The summed E-state index contributed by atoms with van der Waals surface area (Å²) in [4.78, 5) is 29.2. The standard InChI is InChI=1S/C20H18ClF2N5O2/c21-15-8-12(22)9-16(23)17(15)27-19(29)11-2-4-13(5-3-11)26-20(30)14-10-25-28-7-1-6-24-18(14)28/h1,6-11,13H,2-5H2,(H,26,30)(H,27,29). The molecule has 10 heteroatoms. The van der Waals surface area contributed by atoms with Crippen molar-refractivity contribution in [2.24, 2.45) is 5.92 Å². The predicted molar refractivity (Wildman–Crippen MR) is 106 cm³/mol. The van der Waals surface area contributed by atoms with Gasteiger partial charge in [0, 0.05) is 30.4 Å². The fraction of sp³-hybridized carbons (Fsp3) is 0.300. The zero-order chi connectivity index (χ0) is 21.3. The van der Waals surface area contributed by atoms with E-state index in [9.17, 15) is 18.4 Å². The SMILES string of the molecule is O=C(NC1CCC(C(=O)Nc2c(F)cc(F)cc2Cl)CC1)c1cnn2cccnc12. The summed E-state index contributed by atoms with van der Waals surface area (Å²) in [7, 11) is 0. The Morgan fingerprint density at radius 1 is 1.17 bits per heavy atom. The molecule has 0 aliphatic heterocycles. The van der Waals surface area contributed by atoms with E-state index in [-0.39, 0.29) is 34.5 Å². The number of fused-ring (bicyclic) bond motifs is 1. The number of halogens is 3. The van der Waals surface area contributed by atoms with Crippen molar-refractivity contribution >= 4 is 34.7 Å². The minimum absolute atomic E-state index is 0.0913. The summed E-state index contributed by atoms with van der Waals surface area (Å²) in [6.45, 7) is 0. The van der Waals surface area contributed by atoms with Crippen LogP contribution in [0.25, 0.3) is 5.65 Å². The van der Waals surface area contributed by atoms with Crippen molar-refractivity contribution in [2.75, 3.05) is 5.32 Å². The van der Waals surface area contributed by atoms with Crippen LogP contribution in [0.2, 0.25) is 5.02 Å². The van der Waals surface area contributed by atoms with Crippen molar-refractivity contribution in [1.82, 2.24) is 19.9 Å². The lowest BCUT2D eigenvalue weighted by molar-refractivity contribution is -0.120. The minimum Gasteiger partial charge on any atom is -0.349 e. The lowest BCUT2D eigenvalue weighted by Crippen LogP contribution is -2.39. The molecule has 0 atom stereocenters. The molecular formula is C20H18ClF2N5O2. The average Bonchev–Trinajstić information content (AvgIpc) is 3.15. The van der Waals surface area contributed by atoms with Gasteiger partial charge < -0.3 is 10.6 Å². The largest absolute Gasteiger partial charge is 0.349 e. The summed E-state index contributed by atoms with van der Waals surface area (Å²) >= 11 is 5.83. The number of hydrogen-bond acceptors (Lipinski definition) is 4. The van der Waals surface area contributed by atoms with E-state index in [1.807, 2.05) is 0 Å². The molecule has 2 amide bonds. The van der Waals surface area contributed by atoms with E-state index in [0.717, 1.165) is 6.07 Å². The zero-order valence-corrected chi connectivity index (χ0v) is 16.5. The van der Waals surface area contributed by atoms with E-state index in [1.165, 1.54) is 10.7 Å².